The average molecular weight is 416 g/mol. The number of carbonyl (C=O) groups is 1. The van der Waals surface area contributed by atoms with Gasteiger partial charge in [0.25, 0.3) is 0 Å². The highest BCUT2D eigenvalue weighted by molar-refractivity contribution is 5.98. The molecule has 4 aromatic rings. The number of halogens is 1. The Kier molecular flexibility index (Phi) is 5.87. The Hall–Kier alpha value is -3.44. The van der Waals surface area contributed by atoms with Gasteiger partial charge in [-0.05, 0) is 54.3 Å². The van der Waals surface area contributed by atoms with E-state index in [4.69, 9.17) is 0 Å². The molecule has 1 heterocycles. The van der Waals surface area contributed by atoms with Crippen LogP contribution < -0.4 is 5.32 Å². The van der Waals surface area contributed by atoms with E-state index in [1.807, 2.05) is 41.8 Å². The number of fused-ring (bicyclic) bond motifs is 1. The number of aromatic carboxylic acids is 1. The lowest BCUT2D eigenvalue weighted by atomic mass is 10.1. The van der Waals surface area contributed by atoms with Crippen molar-refractivity contribution in [3.05, 3.63) is 106 Å². The van der Waals surface area contributed by atoms with E-state index in [2.05, 4.69) is 24.4 Å². The van der Waals surface area contributed by atoms with Crippen molar-refractivity contribution in [2.45, 2.75) is 33.5 Å². The first-order chi connectivity index (χ1) is 14.9. The monoisotopic (exact) mass is 416 g/mol. The van der Waals surface area contributed by atoms with E-state index >= 15 is 0 Å². The van der Waals surface area contributed by atoms with Gasteiger partial charge in [0.1, 0.15) is 11.5 Å². The molecule has 5 heteroatoms. The van der Waals surface area contributed by atoms with Gasteiger partial charge < -0.3 is 15.0 Å². The fourth-order valence-corrected chi connectivity index (χ4v) is 4.02. The van der Waals surface area contributed by atoms with E-state index in [9.17, 15) is 14.3 Å². The number of carboxylic acids is 1. The Morgan fingerprint density at radius 2 is 1.74 bits per heavy atom. The molecule has 0 amide bonds. The molecule has 2 N–H and O–H groups in total. The predicted octanol–water partition coefficient (Wildman–Crippen LogP) is 5.43. The molecule has 0 bridgehead atoms. The number of aromatic nitrogens is 1. The van der Waals surface area contributed by atoms with Crippen molar-refractivity contribution in [3.63, 3.8) is 0 Å². The van der Waals surface area contributed by atoms with Gasteiger partial charge in [-0.3, -0.25) is 0 Å². The van der Waals surface area contributed by atoms with Gasteiger partial charge in [-0.15, -0.1) is 0 Å². The maximum Gasteiger partial charge on any atom is 0.352 e. The minimum Gasteiger partial charge on any atom is -0.477 e. The number of aryl methyl sites for hydroxylation is 2. The molecule has 0 radical (unpaired) electrons. The first-order valence-electron chi connectivity index (χ1n) is 10.3. The number of nitrogens with one attached hydrogen (secondary N) is 1. The van der Waals surface area contributed by atoms with Crippen molar-refractivity contribution in [2.24, 2.45) is 0 Å². The zero-order valence-electron chi connectivity index (χ0n) is 17.7. The minimum absolute atomic E-state index is 0.266. The summed E-state index contributed by atoms with van der Waals surface area (Å²) in [7, 11) is 0. The number of benzene rings is 3. The van der Waals surface area contributed by atoms with Crippen LogP contribution in [0.1, 0.15) is 38.3 Å². The van der Waals surface area contributed by atoms with E-state index in [-0.39, 0.29) is 11.5 Å². The predicted molar refractivity (Wildman–Crippen MR) is 121 cm³/mol. The quantitative estimate of drug-likeness (QED) is 0.422. The first-order valence-corrected chi connectivity index (χ1v) is 10.3. The van der Waals surface area contributed by atoms with Gasteiger partial charge in [-0.2, -0.15) is 0 Å². The van der Waals surface area contributed by atoms with Crippen LogP contribution >= 0.6 is 0 Å². The van der Waals surface area contributed by atoms with Crippen LogP contribution in [0.15, 0.2) is 66.7 Å². The van der Waals surface area contributed by atoms with Crippen molar-refractivity contribution in [1.82, 2.24) is 9.88 Å². The van der Waals surface area contributed by atoms with Crippen LogP contribution in [0.25, 0.3) is 10.9 Å². The zero-order valence-corrected chi connectivity index (χ0v) is 17.7. The Labute approximate surface area is 181 Å². The molecule has 158 valence electrons. The molecule has 0 aliphatic rings. The molecular weight excluding hydrogens is 391 g/mol. The van der Waals surface area contributed by atoms with Crippen molar-refractivity contribution in [2.75, 3.05) is 0 Å². The summed E-state index contributed by atoms with van der Waals surface area (Å²) in [4.78, 5) is 12.3. The van der Waals surface area contributed by atoms with Crippen molar-refractivity contribution >= 4 is 16.9 Å². The summed E-state index contributed by atoms with van der Waals surface area (Å²) in [6, 6.07) is 20.3. The highest BCUT2D eigenvalue weighted by Gasteiger charge is 2.22. The lowest BCUT2D eigenvalue weighted by Crippen LogP contribution is -2.17. The third kappa shape index (κ3) is 4.37. The normalized spacial score (nSPS) is 11.2. The Morgan fingerprint density at radius 3 is 2.45 bits per heavy atom. The smallest absolute Gasteiger partial charge is 0.352 e. The second kappa shape index (κ2) is 8.74. The second-order valence-electron chi connectivity index (χ2n) is 7.90. The van der Waals surface area contributed by atoms with Crippen molar-refractivity contribution < 1.29 is 14.3 Å². The molecule has 1 aromatic heterocycles. The molecule has 0 saturated heterocycles. The summed E-state index contributed by atoms with van der Waals surface area (Å²) in [6.45, 7) is 5.51. The number of hydrogen-bond acceptors (Lipinski definition) is 2. The summed E-state index contributed by atoms with van der Waals surface area (Å²) < 4.78 is 15.2. The van der Waals surface area contributed by atoms with E-state index in [1.165, 1.54) is 23.3 Å². The Bertz CT molecular complexity index is 1240. The van der Waals surface area contributed by atoms with Crippen LogP contribution in [0.2, 0.25) is 0 Å². The van der Waals surface area contributed by atoms with E-state index in [0.717, 1.165) is 27.6 Å². The summed E-state index contributed by atoms with van der Waals surface area (Å²) in [5, 5.41) is 14.4. The van der Waals surface area contributed by atoms with Gasteiger partial charge in [-0.25, -0.2) is 9.18 Å². The topological polar surface area (TPSA) is 54.3 Å². The molecule has 0 spiro atoms. The molecule has 0 aliphatic heterocycles. The van der Waals surface area contributed by atoms with Crippen LogP contribution in [0.5, 0.6) is 0 Å². The molecule has 0 unspecified atom stereocenters. The molecule has 0 atom stereocenters. The summed E-state index contributed by atoms with van der Waals surface area (Å²) in [5.41, 5.74) is 6.19. The molecule has 0 saturated carbocycles. The van der Waals surface area contributed by atoms with Crippen LogP contribution in [0, 0.1) is 19.7 Å². The fourth-order valence-electron chi connectivity index (χ4n) is 4.02. The summed E-state index contributed by atoms with van der Waals surface area (Å²) in [5.74, 6) is -1.28. The van der Waals surface area contributed by atoms with E-state index in [0.29, 0.717) is 19.6 Å². The summed E-state index contributed by atoms with van der Waals surface area (Å²) >= 11 is 0. The maximum atomic E-state index is 13.3. The maximum absolute atomic E-state index is 13.3. The molecule has 4 nitrogen and oxygen atoms in total. The number of nitrogens with zero attached hydrogens (tertiary/aromatic N) is 1. The number of rotatable bonds is 7. The molecule has 4 rings (SSSR count). The zero-order chi connectivity index (χ0) is 22.0. The summed E-state index contributed by atoms with van der Waals surface area (Å²) in [6.07, 6.45) is 0. The number of hydrogen-bond donors (Lipinski definition) is 2. The van der Waals surface area contributed by atoms with Crippen LogP contribution in [-0.2, 0) is 19.6 Å². The van der Waals surface area contributed by atoms with E-state index < -0.39 is 5.97 Å². The van der Waals surface area contributed by atoms with Gasteiger partial charge in [0.15, 0.2) is 0 Å². The SMILES string of the molecule is Cc1ccc2c(CNCc3ccccc3C)c(C(=O)O)n(Cc3ccc(F)cc3)c2c1. The largest absolute Gasteiger partial charge is 0.477 e. The van der Waals surface area contributed by atoms with Crippen LogP contribution in [-0.4, -0.2) is 15.6 Å². The van der Waals surface area contributed by atoms with Gasteiger partial charge in [0.05, 0.1) is 0 Å². The van der Waals surface area contributed by atoms with Crippen LogP contribution in [0.4, 0.5) is 4.39 Å². The van der Waals surface area contributed by atoms with Crippen molar-refractivity contribution in [1.29, 1.82) is 0 Å². The average Bonchev–Trinajstić information content (AvgIpc) is 3.04. The Morgan fingerprint density at radius 1 is 1.00 bits per heavy atom. The number of carboxylic acid groups (broad SMARTS) is 1. The third-order valence-corrected chi connectivity index (χ3v) is 5.66. The Balaban J connectivity index is 1.73. The fraction of sp³-hybridized carbons (Fsp3) is 0.192. The van der Waals surface area contributed by atoms with Crippen molar-refractivity contribution in [3.8, 4) is 0 Å². The van der Waals surface area contributed by atoms with Gasteiger partial charge in [0, 0.05) is 36.1 Å². The molecule has 0 fully saturated rings. The van der Waals surface area contributed by atoms with Gasteiger partial charge >= 0.3 is 5.97 Å². The molecule has 3 aromatic carbocycles. The van der Waals surface area contributed by atoms with Gasteiger partial charge in [0.2, 0.25) is 0 Å². The lowest BCUT2D eigenvalue weighted by Gasteiger charge is -2.11. The van der Waals surface area contributed by atoms with E-state index in [1.54, 1.807) is 12.1 Å². The second-order valence-corrected chi connectivity index (χ2v) is 7.90. The highest BCUT2D eigenvalue weighted by Crippen LogP contribution is 2.29. The minimum atomic E-state index is -0.969. The molecule has 0 aliphatic carbocycles. The lowest BCUT2D eigenvalue weighted by molar-refractivity contribution is 0.0684. The van der Waals surface area contributed by atoms with Crippen LogP contribution in [0.3, 0.4) is 0 Å². The standard InChI is InChI=1S/C26H25FN2O2/c1-17-7-12-22-23(15-28-14-20-6-4-3-5-18(20)2)25(26(30)31)29(24(22)13-17)16-19-8-10-21(27)11-9-19/h3-13,28H,14-16H2,1-2H3,(H,30,31). The van der Waals surface area contributed by atoms with Gasteiger partial charge in [-0.1, -0.05) is 48.5 Å². The molecular formula is C26H25FN2O2. The third-order valence-electron chi connectivity index (χ3n) is 5.66. The molecule has 31 heavy (non-hydrogen) atoms. The first kappa shape index (κ1) is 20.8. The highest BCUT2D eigenvalue weighted by atomic mass is 19.1.